The third-order valence-electron chi connectivity index (χ3n) is 5.01. The number of carbonyl (C=O) groups is 1. The molecule has 1 N–H and O–H groups in total. The van der Waals surface area contributed by atoms with E-state index >= 15 is 0 Å². The van der Waals surface area contributed by atoms with Crippen LogP contribution >= 0.6 is 0 Å². The zero-order valence-corrected chi connectivity index (χ0v) is 14.1. The van der Waals surface area contributed by atoms with Gasteiger partial charge in [-0.2, -0.15) is 10.2 Å². The Morgan fingerprint density at radius 1 is 1.24 bits per heavy atom. The van der Waals surface area contributed by atoms with Gasteiger partial charge in [0.15, 0.2) is 5.82 Å². The average molecular weight is 340 g/mol. The second-order valence-corrected chi connectivity index (χ2v) is 6.66. The van der Waals surface area contributed by atoms with Crippen LogP contribution < -0.4 is 10.5 Å². The van der Waals surface area contributed by atoms with E-state index in [-0.39, 0.29) is 23.2 Å². The van der Waals surface area contributed by atoms with Gasteiger partial charge in [-0.25, -0.2) is 5.10 Å². The van der Waals surface area contributed by atoms with E-state index in [0.717, 1.165) is 37.4 Å². The van der Waals surface area contributed by atoms with Crippen LogP contribution in [0.4, 0.5) is 5.82 Å². The van der Waals surface area contributed by atoms with E-state index in [0.29, 0.717) is 0 Å². The number of H-pyrrole nitrogens is 1. The Labute approximate surface area is 144 Å². The number of aryl methyl sites for hydroxylation is 2. The van der Waals surface area contributed by atoms with Crippen molar-refractivity contribution in [2.24, 2.45) is 0 Å². The summed E-state index contributed by atoms with van der Waals surface area (Å²) in [4.78, 5) is 27.3. The van der Waals surface area contributed by atoms with Gasteiger partial charge in [0.2, 0.25) is 0 Å². The van der Waals surface area contributed by atoms with E-state index in [2.05, 4.69) is 31.4 Å². The fourth-order valence-electron chi connectivity index (χ4n) is 3.33. The molecular formula is C17H20N6O2. The minimum absolute atomic E-state index is 0.0964. The lowest BCUT2D eigenvalue weighted by Crippen LogP contribution is -2.60. The smallest absolute Gasteiger partial charge is 0.274 e. The van der Waals surface area contributed by atoms with Crippen molar-refractivity contribution in [3.05, 3.63) is 45.5 Å². The van der Waals surface area contributed by atoms with Gasteiger partial charge in [0.05, 0.1) is 11.7 Å². The highest BCUT2D eigenvalue weighted by atomic mass is 16.2. The molecule has 0 bridgehead atoms. The summed E-state index contributed by atoms with van der Waals surface area (Å²) < 4.78 is 0. The molecule has 1 aliphatic heterocycles. The standard InChI is InChI=1S/C17H20N6O2/c1-22(17(25)14-6-7-16(24)21-19-14)12-9-23(10-12)15-8-11-4-2-3-5-13(11)18-20-15/h6-8,12H,2-5,9-10H2,1H3,(H,21,24). The maximum absolute atomic E-state index is 12.4. The van der Waals surface area contributed by atoms with Crippen LogP contribution in [0.2, 0.25) is 0 Å². The molecule has 8 heteroatoms. The molecule has 25 heavy (non-hydrogen) atoms. The van der Waals surface area contributed by atoms with Crippen molar-refractivity contribution >= 4 is 11.7 Å². The number of hydrogen-bond donors (Lipinski definition) is 1. The van der Waals surface area contributed by atoms with Gasteiger partial charge in [-0.15, -0.1) is 5.10 Å². The van der Waals surface area contributed by atoms with Gasteiger partial charge in [-0.1, -0.05) is 0 Å². The first kappa shape index (κ1) is 15.7. The monoisotopic (exact) mass is 340 g/mol. The van der Waals surface area contributed by atoms with Crippen molar-refractivity contribution in [2.75, 3.05) is 25.0 Å². The second-order valence-electron chi connectivity index (χ2n) is 6.66. The molecule has 130 valence electrons. The Morgan fingerprint density at radius 3 is 2.80 bits per heavy atom. The molecule has 0 radical (unpaired) electrons. The number of likely N-dealkylation sites (N-methyl/N-ethyl adjacent to an activating group) is 1. The van der Waals surface area contributed by atoms with Crippen LogP contribution in [0.3, 0.4) is 0 Å². The first-order valence-electron chi connectivity index (χ1n) is 8.55. The number of hydrogen-bond acceptors (Lipinski definition) is 6. The Hall–Kier alpha value is -2.77. The van der Waals surface area contributed by atoms with Gasteiger partial charge in [0, 0.05) is 26.2 Å². The highest BCUT2D eigenvalue weighted by Crippen LogP contribution is 2.26. The summed E-state index contributed by atoms with van der Waals surface area (Å²) >= 11 is 0. The first-order chi connectivity index (χ1) is 12.1. The Bertz CT molecular complexity index is 838. The predicted octanol–water partition coefficient (Wildman–Crippen LogP) is 0.399. The molecule has 0 saturated carbocycles. The molecule has 0 unspecified atom stereocenters. The molecule has 1 aliphatic carbocycles. The molecule has 1 saturated heterocycles. The lowest BCUT2D eigenvalue weighted by Gasteiger charge is -2.44. The van der Waals surface area contributed by atoms with Crippen LogP contribution in [-0.4, -0.2) is 57.4 Å². The van der Waals surface area contributed by atoms with Crippen LogP contribution in [0, 0.1) is 0 Å². The van der Waals surface area contributed by atoms with E-state index in [1.165, 1.54) is 30.5 Å². The highest BCUT2D eigenvalue weighted by Gasteiger charge is 2.34. The fraction of sp³-hybridized carbons (Fsp3) is 0.471. The first-order valence-corrected chi connectivity index (χ1v) is 8.55. The number of nitrogens with zero attached hydrogens (tertiary/aromatic N) is 5. The SMILES string of the molecule is CN(C(=O)c1ccc(=O)[nH]n1)C1CN(c2cc3c(nn2)CCCC3)C1. The molecule has 0 atom stereocenters. The Balaban J connectivity index is 1.40. The minimum Gasteiger partial charge on any atom is -0.351 e. The summed E-state index contributed by atoms with van der Waals surface area (Å²) in [7, 11) is 1.76. The Morgan fingerprint density at radius 2 is 2.04 bits per heavy atom. The van der Waals surface area contributed by atoms with Gasteiger partial charge in [-0.05, 0) is 43.4 Å². The molecule has 0 aromatic carbocycles. The van der Waals surface area contributed by atoms with Crippen LogP contribution in [0.5, 0.6) is 0 Å². The van der Waals surface area contributed by atoms with Crippen LogP contribution in [0.15, 0.2) is 23.0 Å². The molecule has 4 rings (SSSR count). The van der Waals surface area contributed by atoms with Crippen LogP contribution in [0.1, 0.15) is 34.6 Å². The van der Waals surface area contributed by atoms with E-state index < -0.39 is 0 Å². The van der Waals surface area contributed by atoms with E-state index in [4.69, 9.17) is 0 Å². The Kier molecular flexibility index (Phi) is 3.95. The number of anilines is 1. The summed E-state index contributed by atoms with van der Waals surface area (Å²) in [5, 5.41) is 14.8. The molecule has 3 heterocycles. The zero-order valence-electron chi connectivity index (χ0n) is 14.1. The van der Waals surface area contributed by atoms with Crippen molar-refractivity contribution in [3.63, 3.8) is 0 Å². The van der Waals surface area contributed by atoms with Crippen molar-refractivity contribution in [3.8, 4) is 0 Å². The van der Waals surface area contributed by atoms with E-state index in [1.54, 1.807) is 11.9 Å². The van der Waals surface area contributed by atoms with Gasteiger partial charge >= 0.3 is 0 Å². The van der Waals surface area contributed by atoms with E-state index in [9.17, 15) is 9.59 Å². The van der Waals surface area contributed by atoms with Crippen LogP contribution in [0.25, 0.3) is 0 Å². The maximum atomic E-state index is 12.4. The van der Waals surface area contributed by atoms with Crippen molar-refractivity contribution in [1.29, 1.82) is 0 Å². The number of nitrogens with one attached hydrogen (secondary N) is 1. The molecule has 1 fully saturated rings. The third-order valence-corrected chi connectivity index (χ3v) is 5.01. The lowest BCUT2D eigenvalue weighted by atomic mass is 9.96. The minimum atomic E-state index is -0.319. The zero-order chi connectivity index (χ0) is 17.4. The molecular weight excluding hydrogens is 320 g/mol. The second kappa shape index (κ2) is 6.27. The normalized spacial score (nSPS) is 16.9. The molecule has 2 aliphatic rings. The molecule has 0 spiro atoms. The van der Waals surface area contributed by atoms with Crippen molar-refractivity contribution in [1.82, 2.24) is 25.3 Å². The van der Waals surface area contributed by atoms with Gasteiger partial charge < -0.3 is 9.80 Å². The lowest BCUT2D eigenvalue weighted by molar-refractivity contribution is 0.0697. The fourth-order valence-corrected chi connectivity index (χ4v) is 3.33. The van der Waals surface area contributed by atoms with Gasteiger partial charge in [0.25, 0.3) is 11.5 Å². The number of carbonyl (C=O) groups excluding carboxylic acids is 1. The summed E-state index contributed by atoms with van der Waals surface area (Å²) in [5.41, 5.74) is 2.36. The quantitative estimate of drug-likeness (QED) is 0.869. The van der Waals surface area contributed by atoms with Crippen molar-refractivity contribution < 1.29 is 4.79 Å². The third kappa shape index (κ3) is 2.99. The van der Waals surface area contributed by atoms with Gasteiger partial charge in [-0.3, -0.25) is 9.59 Å². The number of rotatable bonds is 3. The van der Waals surface area contributed by atoms with E-state index in [1.807, 2.05) is 0 Å². The number of aromatic nitrogens is 4. The maximum Gasteiger partial charge on any atom is 0.274 e. The summed E-state index contributed by atoms with van der Waals surface area (Å²) in [6.45, 7) is 1.44. The predicted molar refractivity (Wildman–Crippen MR) is 91.6 cm³/mol. The largest absolute Gasteiger partial charge is 0.351 e. The number of amides is 1. The molecule has 2 aromatic heterocycles. The number of fused-ring (bicyclic) bond motifs is 1. The topological polar surface area (TPSA) is 95.1 Å². The highest BCUT2D eigenvalue weighted by molar-refractivity contribution is 5.92. The number of aromatic amines is 1. The summed E-state index contributed by atoms with van der Waals surface area (Å²) in [6, 6.07) is 5.00. The molecule has 2 aromatic rings. The summed E-state index contributed by atoms with van der Waals surface area (Å²) in [6.07, 6.45) is 4.50. The van der Waals surface area contributed by atoms with Gasteiger partial charge in [0.1, 0.15) is 5.69 Å². The van der Waals surface area contributed by atoms with Crippen molar-refractivity contribution in [2.45, 2.75) is 31.7 Å². The molecule has 8 nitrogen and oxygen atoms in total. The van der Waals surface area contributed by atoms with Crippen LogP contribution in [-0.2, 0) is 12.8 Å². The summed E-state index contributed by atoms with van der Waals surface area (Å²) in [5.74, 6) is 0.692. The molecule has 1 amide bonds. The average Bonchev–Trinajstić information content (AvgIpc) is 2.60.